The average Bonchev–Trinajstić information content (AvgIpc) is 2.56. The number of hydrogen-bond acceptors (Lipinski definition) is 3. The topological polar surface area (TPSA) is 49.8 Å². The molecule has 1 aliphatic heterocycles. The first-order valence-corrected chi connectivity index (χ1v) is 7.91. The Kier molecular flexibility index (Phi) is 4.96. The van der Waals surface area contributed by atoms with Gasteiger partial charge in [0, 0.05) is 24.7 Å². The van der Waals surface area contributed by atoms with Crippen LogP contribution in [-0.4, -0.2) is 35.7 Å². The van der Waals surface area contributed by atoms with Crippen molar-refractivity contribution in [2.75, 3.05) is 19.7 Å². The van der Waals surface area contributed by atoms with Crippen LogP contribution in [0, 0.1) is 0 Å². The maximum Gasteiger partial charge on any atom is 0.335 e. The molecule has 0 amide bonds. The molecule has 3 rings (SSSR count). The zero-order chi connectivity index (χ0) is 16.2. The van der Waals surface area contributed by atoms with Crippen LogP contribution in [-0.2, 0) is 11.3 Å². The van der Waals surface area contributed by atoms with Crippen LogP contribution in [0.2, 0.25) is 5.02 Å². The molecular weight excluding hydrogens is 314 g/mol. The molecule has 1 fully saturated rings. The van der Waals surface area contributed by atoms with Crippen LogP contribution in [0.15, 0.2) is 48.5 Å². The average molecular weight is 332 g/mol. The van der Waals surface area contributed by atoms with Crippen LogP contribution < -0.4 is 0 Å². The summed E-state index contributed by atoms with van der Waals surface area (Å²) >= 11 is 5.93. The van der Waals surface area contributed by atoms with E-state index in [0.717, 1.165) is 24.2 Å². The summed E-state index contributed by atoms with van der Waals surface area (Å²) in [5, 5.41) is 9.80. The third-order valence-corrected chi connectivity index (χ3v) is 4.22. The fourth-order valence-electron chi connectivity index (χ4n) is 2.79. The van der Waals surface area contributed by atoms with E-state index in [9.17, 15) is 4.79 Å². The lowest BCUT2D eigenvalue weighted by Crippen LogP contribution is -2.37. The summed E-state index contributed by atoms with van der Waals surface area (Å²) < 4.78 is 5.85. The molecule has 120 valence electrons. The van der Waals surface area contributed by atoms with E-state index in [1.54, 1.807) is 18.2 Å². The summed E-state index contributed by atoms with van der Waals surface area (Å²) in [5.41, 5.74) is 2.44. The quantitative estimate of drug-likeness (QED) is 0.929. The monoisotopic (exact) mass is 331 g/mol. The third kappa shape index (κ3) is 4.10. The molecule has 23 heavy (non-hydrogen) atoms. The van der Waals surface area contributed by atoms with Crippen molar-refractivity contribution in [2.24, 2.45) is 0 Å². The molecule has 0 saturated carbocycles. The number of morpholine rings is 1. The van der Waals surface area contributed by atoms with E-state index in [1.165, 1.54) is 0 Å². The molecular formula is C18H18ClNO3. The van der Waals surface area contributed by atoms with E-state index in [2.05, 4.69) is 4.90 Å². The van der Waals surface area contributed by atoms with E-state index in [1.807, 2.05) is 30.3 Å². The number of carbonyl (C=O) groups is 1. The number of rotatable bonds is 4. The van der Waals surface area contributed by atoms with Crippen molar-refractivity contribution in [3.05, 3.63) is 70.2 Å². The van der Waals surface area contributed by atoms with Crippen molar-refractivity contribution < 1.29 is 14.6 Å². The third-order valence-electron chi connectivity index (χ3n) is 3.97. The zero-order valence-electron chi connectivity index (χ0n) is 12.6. The Morgan fingerprint density at radius 1 is 1.26 bits per heavy atom. The number of halogens is 1. The van der Waals surface area contributed by atoms with Crippen LogP contribution in [0.1, 0.15) is 27.6 Å². The van der Waals surface area contributed by atoms with E-state index in [4.69, 9.17) is 21.4 Å². The Hall–Kier alpha value is -1.88. The summed E-state index contributed by atoms with van der Waals surface area (Å²) in [4.78, 5) is 13.3. The van der Waals surface area contributed by atoms with Crippen molar-refractivity contribution in [1.82, 2.24) is 4.90 Å². The summed E-state index contributed by atoms with van der Waals surface area (Å²) in [5.74, 6) is -0.895. The predicted octanol–water partition coefficient (Wildman–Crippen LogP) is 3.61. The van der Waals surface area contributed by atoms with Crippen molar-refractivity contribution in [2.45, 2.75) is 12.6 Å². The summed E-state index contributed by atoms with van der Waals surface area (Å²) in [6.07, 6.45) is 0.0173. The highest BCUT2D eigenvalue weighted by Gasteiger charge is 2.22. The molecule has 0 bridgehead atoms. The van der Waals surface area contributed by atoms with Crippen LogP contribution in [0.25, 0.3) is 0 Å². The van der Waals surface area contributed by atoms with Crippen LogP contribution >= 0.6 is 11.6 Å². The first kappa shape index (κ1) is 16.0. The SMILES string of the molecule is O=C(O)c1cccc(CN2CCO[C@H](c3ccc(Cl)cc3)C2)c1. The van der Waals surface area contributed by atoms with Gasteiger partial charge in [-0.15, -0.1) is 0 Å². The van der Waals surface area contributed by atoms with Gasteiger partial charge in [0.25, 0.3) is 0 Å². The Morgan fingerprint density at radius 3 is 2.78 bits per heavy atom. The Bertz CT molecular complexity index is 687. The molecule has 0 unspecified atom stereocenters. The van der Waals surface area contributed by atoms with Crippen molar-refractivity contribution in [1.29, 1.82) is 0 Å². The van der Waals surface area contributed by atoms with Crippen molar-refractivity contribution in [3.63, 3.8) is 0 Å². The van der Waals surface area contributed by atoms with Gasteiger partial charge in [0.15, 0.2) is 0 Å². The molecule has 1 heterocycles. The zero-order valence-corrected chi connectivity index (χ0v) is 13.4. The van der Waals surface area contributed by atoms with Gasteiger partial charge < -0.3 is 9.84 Å². The fourth-order valence-corrected chi connectivity index (χ4v) is 2.91. The van der Waals surface area contributed by atoms with Gasteiger partial charge in [0.1, 0.15) is 0 Å². The second kappa shape index (κ2) is 7.13. The molecule has 2 aromatic rings. The minimum Gasteiger partial charge on any atom is -0.478 e. The highest BCUT2D eigenvalue weighted by Crippen LogP contribution is 2.24. The van der Waals surface area contributed by atoms with Gasteiger partial charge in [-0.05, 0) is 35.4 Å². The van der Waals surface area contributed by atoms with E-state index in [-0.39, 0.29) is 6.10 Å². The molecule has 4 nitrogen and oxygen atoms in total. The first-order valence-electron chi connectivity index (χ1n) is 7.53. The van der Waals surface area contributed by atoms with Crippen molar-refractivity contribution >= 4 is 17.6 Å². The Morgan fingerprint density at radius 2 is 2.04 bits per heavy atom. The van der Waals surface area contributed by atoms with Gasteiger partial charge in [-0.1, -0.05) is 35.9 Å². The van der Waals surface area contributed by atoms with E-state index in [0.29, 0.717) is 23.7 Å². The molecule has 0 spiro atoms. The number of carboxylic acids is 1. The Labute approximate surface area is 140 Å². The Balaban J connectivity index is 1.68. The minimum atomic E-state index is -0.895. The molecule has 0 radical (unpaired) electrons. The maximum atomic E-state index is 11.1. The smallest absolute Gasteiger partial charge is 0.335 e. The number of ether oxygens (including phenoxy) is 1. The standard InChI is InChI=1S/C18H18ClNO3/c19-16-6-4-14(5-7-16)17-12-20(8-9-23-17)11-13-2-1-3-15(10-13)18(21)22/h1-7,10,17H,8-9,11-12H2,(H,21,22)/t17-/m0/s1. The first-order chi connectivity index (χ1) is 11.1. The second-order valence-electron chi connectivity index (χ2n) is 5.65. The van der Waals surface area contributed by atoms with Gasteiger partial charge in [-0.25, -0.2) is 4.79 Å². The lowest BCUT2D eigenvalue weighted by atomic mass is 10.1. The molecule has 0 aromatic heterocycles. The molecule has 1 atom stereocenters. The summed E-state index contributed by atoms with van der Waals surface area (Å²) in [6.45, 7) is 2.99. The van der Waals surface area contributed by atoms with Gasteiger partial charge in [0.2, 0.25) is 0 Å². The van der Waals surface area contributed by atoms with Crippen LogP contribution in [0.4, 0.5) is 0 Å². The largest absolute Gasteiger partial charge is 0.478 e. The normalized spacial score (nSPS) is 18.7. The molecule has 2 aromatic carbocycles. The highest BCUT2D eigenvalue weighted by atomic mass is 35.5. The number of hydrogen-bond donors (Lipinski definition) is 1. The number of aromatic carboxylic acids is 1. The van der Waals surface area contributed by atoms with E-state index < -0.39 is 5.97 Å². The van der Waals surface area contributed by atoms with Crippen LogP contribution in [0.3, 0.4) is 0 Å². The highest BCUT2D eigenvalue weighted by molar-refractivity contribution is 6.30. The minimum absolute atomic E-state index is 0.0173. The number of nitrogens with zero attached hydrogens (tertiary/aromatic N) is 1. The van der Waals surface area contributed by atoms with Gasteiger partial charge in [0.05, 0.1) is 18.3 Å². The fraction of sp³-hybridized carbons (Fsp3) is 0.278. The predicted molar refractivity (Wildman–Crippen MR) is 88.8 cm³/mol. The molecule has 1 saturated heterocycles. The molecule has 1 N–H and O–H groups in total. The second-order valence-corrected chi connectivity index (χ2v) is 6.09. The molecule has 0 aliphatic carbocycles. The number of benzene rings is 2. The number of carboxylic acid groups (broad SMARTS) is 1. The summed E-state index contributed by atoms with van der Waals surface area (Å²) in [6, 6.07) is 14.8. The van der Waals surface area contributed by atoms with Gasteiger partial charge in [-0.2, -0.15) is 0 Å². The molecule has 1 aliphatic rings. The van der Waals surface area contributed by atoms with E-state index >= 15 is 0 Å². The molecule has 5 heteroatoms. The lowest BCUT2D eigenvalue weighted by Gasteiger charge is -2.33. The maximum absolute atomic E-state index is 11.1. The summed E-state index contributed by atoms with van der Waals surface area (Å²) in [7, 11) is 0. The van der Waals surface area contributed by atoms with Gasteiger partial charge in [-0.3, -0.25) is 4.90 Å². The van der Waals surface area contributed by atoms with Crippen molar-refractivity contribution in [3.8, 4) is 0 Å². The van der Waals surface area contributed by atoms with Gasteiger partial charge >= 0.3 is 5.97 Å². The van der Waals surface area contributed by atoms with Crippen LogP contribution in [0.5, 0.6) is 0 Å². The lowest BCUT2D eigenvalue weighted by molar-refractivity contribution is -0.0329.